The van der Waals surface area contributed by atoms with Crippen molar-refractivity contribution in [2.24, 2.45) is 0 Å². The van der Waals surface area contributed by atoms with Crippen molar-refractivity contribution in [3.8, 4) is 11.3 Å². The molecule has 0 atom stereocenters. The molecule has 14 heavy (non-hydrogen) atoms. The number of nitrogens with two attached hydrogens (primary N) is 1. The Hall–Kier alpha value is -1.82. The number of anilines is 1. The third-order valence-electron chi connectivity index (χ3n) is 1.92. The number of aromatic amines is 1. The molecule has 0 radical (unpaired) electrons. The van der Waals surface area contributed by atoms with Gasteiger partial charge in [0.15, 0.2) is 0 Å². The van der Waals surface area contributed by atoms with Gasteiger partial charge in [-0.05, 0) is 0 Å². The van der Waals surface area contributed by atoms with Crippen molar-refractivity contribution in [1.82, 2.24) is 20.0 Å². The fourth-order valence-corrected chi connectivity index (χ4v) is 1.24. The van der Waals surface area contributed by atoms with Crippen LogP contribution in [0.25, 0.3) is 11.3 Å². The van der Waals surface area contributed by atoms with Crippen LogP contribution in [0.15, 0.2) is 18.5 Å². The molecule has 2 aromatic rings. The van der Waals surface area contributed by atoms with E-state index in [0.29, 0.717) is 12.4 Å². The minimum atomic E-state index is 0.0245. The summed E-state index contributed by atoms with van der Waals surface area (Å²) in [5.41, 5.74) is 7.33. The summed E-state index contributed by atoms with van der Waals surface area (Å²) in [7, 11) is 0. The van der Waals surface area contributed by atoms with Crippen LogP contribution in [-0.2, 0) is 6.54 Å². The second kappa shape index (κ2) is 3.51. The minimum absolute atomic E-state index is 0.0245. The average molecular weight is 193 g/mol. The lowest BCUT2D eigenvalue weighted by molar-refractivity contribution is 0.270. The minimum Gasteiger partial charge on any atom is -0.394 e. The number of nitrogen functional groups attached to an aromatic ring is 1. The van der Waals surface area contributed by atoms with Crippen LogP contribution in [0.2, 0.25) is 0 Å². The molecule has 0 spiro atoms. The van der Waals surface area contributed by atoms with Crippen LogP contribution in [0.4, 0.5) is 5.82 Å². The van der Waals surface area contributed by atoms with E-state index >= 15 is 0 Å². The zero-order valence-electron chi connectivity index (χ0n) is 7.51. The highest BCUT2D eigenvalue weighted by molar-refractivity contribution is 5.60. The van der Waals surface area contributed by atoms with E-state index in [1.165, 1.54) is 0 Å². The molecular weight excluding hydrogens is 182 g/mol. The second-order valence-corrected chi connectivity index (χ2v) is 2.89. The number of nitrogens with zero attached hydrogens (tertiary/aromatic N) is 3. The lowest BCUT2D eigenvalue weighted by Gasteiger charge is -1.98. The highest BCUT2D eigenvalue weighted by Gasteiger charge is 2.06. The molecule has 0 aromatic carbocycles. The summed E-state index contributed by atoms with van der Waals surface area (Å²) in [6.45, 7) is 0.431. The van der Waals surface area contributed by atoms with Crippen LogP contribution in [0, 0.1) is 0 Å². The van der Waals surface area contributed by atoms with Crippen molar-refractivity contribution < 1.29 is 5.11 Å². The summed E-state index contributed by atoms with van der Waals surface area (Å²) in [6.07, 6.45) is 3.41. The monoisotopic (exact) mass is 193 g/mol. The Bertz CT molecular complexity index is 405. The third-order valence-corrected chi connectivity index (χ3v) is 1.92. The maximum Gasteiger partial charge on any atom is 0.122 e. The van der Waals surface area contributed by atoms with Crippen LogP contribution < -0.4 is 5.73 Å². The summed E-state index contributed by atoms with van der Waals surface area (Å²) in [6, 6.07) is 1.75. The standard InChI is InChI=1S/C8H11N5O/c9-8-3-7(6-4-10-11-5-6)12-13(8)1-2-14/h3-5,14H,1-2,9H2,(H,10,11). The molecule has 4 N–H and O–H groups in total. The summed E-state index contributed by atoms with van der Waals surface area (Å²) >= 11 is 0. The van der Waals surface area contributed by atoms with Gasteiger partial charge in [0, 0.05) is 17.8 Å². The van der Waals surface area contributed by atoms with Crippen molar-refractivity contribution in [3.05, 3.63) is 18.5 Å². The van der Waals surface area contributed by atoms with E-state index in [1.54, 1.807) is 23.1 Å². The Morgan fingerprint density at radius 2 is 2.43 bits per heavy atom. The fraction of sp³-hybridized carbons (Fsp3) is 0.250. The molecule has 6 nitrogen and oxygen atoms in total. The molecular formula is C8H11N5O. The highest BCUT2D eigenvalue weighted by atomic mass is 16.3. The van der Waals surface area contributed by atoms with Crippen LogP contribution in [0.1, 0.15) is 0 Å². The number of hydrogen-bond acceptors (Lipinski definition) is 4. The zero-order valence-corrected chi connectivity index (χ0v) is 7.51. The predicted molar refractivity (Wildman–Crippen MR) is 51.3 cm³/mol. The Balaban J connectivity index is 2.33. The van der Waals surface area contributed by atoms with E-state index in [1.807, 2.05) is 0 Å². The Morgan fingerprint density at radius 1 is 1.57 bits per heavy atom. The van der Waals surface area contributed by atoms with Gasteiger partial charge in [-0.1, -0.05) is 0 Å². The second-order valence-electron chi connectivity index (χ2n) is 2.89. The van der Waals surface area contributed by atoms with Gasteiger partial charge in [-0.25, -0.2) is 4.68 Å². The van der Waals surface area contributed by atoms with Crippen molar-refractivity contribution >= 4 is 5.82 Å². The predicted octanol–water partition coefficient (Wildman–Crippen LogP) is -0.152. The van der Waals surface area contributed by atoms with E-state index in [2.05, 4.69) is 15.3 Å². The first-order chi connectivity index (χ1) is 6.81. The van der Waals surface area contributed by atoms with E-state index < -0.39 is 0 Å². The largest absolute Gasteiger partial charge is 0.394 e. The Kier molecular flexibility index (Phi) is 2.19. The lowest BCUT2D eigenvalue weighted by Crippen LogP contribution is -2.07. The van der Waals surface area contributed by atoms with Gasteiger partial charge in [-0.3, -0.25) is 5.10 Å². The van der Waals surface area contributed by atoms with Crippen molar-refractivity contribution in [2.75, 3.05) is 12.3 Å². The third kappa shape index (κ3) is 1.47. The fourth-order valence-electron chi connectivity index (χ4n) is 1.24. The summed E-state index contributed by atoms with van der Waals surface area (Å²) in [5, 5.41) is 19.5. The molecule has 0 saturated carbocycles. The molecule has 0 amide bonds. The molecule has 0 aliphatic carbocycles. The van der Waals surface area contributed by atoms with Gasteiger partial charge in [0.05, 0.1) is 25.0 Å². The van der Waals surface area contributed by atoms with Crippen molar-refractivity contribution in [1.29, 1.82) is 0 Å². The number of rotatable bonds is 3. The topological polar surface area (TPSA) is 92.8 Å². The molecule has 0 aliphatic heterocycles. The van der Waals surface area contributed by atoms with Crippen molar-refractivity contribution in [2.45, 2.75) is 6.54 Å². The molecule has 2 rings (SSSR count). The van der Waals surface area contributed by atoms with Gasteiger partial charge in [0.1, 0.15) is 5.82 Å². The van der Waals surface area contributed by atoms with Gasteiger partial charge in [-0.15, -0.1) is 0 Å². The molecule has 2 heterocycles. The van der Waals surface area contributed by atoms with Gasteiger partial charge in [0.25, 0.3) is 0 Å². The first-order valence-electron chi connectivity index (χ1n) is 4.24. The van der Waals surface area contributed by atoms with Crippen LogP contribution in [0.3, 0.4) is 0 Å². The molecule has 0 fully saturated rings. The number of aromatic nitrogens is 4. The summed E-state index contributed by atoms with van der Waals surface area (Å²) < 4.78 is 1.56. The molecule has 74 valence electrons. The smallest absolute Gasteiger partial charge is 0.122 e. The molecule has 0 aliphatic rings. The van der Waals surface area contributed by atoms with Gasteiger partial charge >= 0.3 is 0 Å². The number of aliphatic hydroxyl groups excluding tert-OH is 1. The maximum absolute atomic E-state index is 8.75. The quantitative estimate of drug-likeness (QED) is 0.631. The normalized spacial score (nSPS) is 10.6. The van der Waals surface area contributed by atoms with Crippen molar-refractivity contribution in [3.63, 3.8) is 0 Å². The van der Waals surface area contributed by atoms with Crippen LogP contribution >= 0.6 is 0 Å². The molecule has 0 unspecified atom stereocenters. The highest BCUT2D eigenvalue weighted by Crippen LogP contribution is 2.18. The Morgan fingerprint density at radius 3 is 3.07 bits per heavy atom. The van der Waals surface area contributed by atoms with Crippen LogP contribution in [-0.4, -0.2) is 31.7 Å². The Labute approximate surface area is 80.4 Å². The molecule has 0 bridgehead atoms. The van der Waals surface area contributed by atoms with Gasteiger partial charge < -0.3 is 10.8 Å². The van der Waals surface area contributed by atoms with Crippen LogP contribution in [0.5, 0.6) is 0 Å². The molecule has 0 saturated heterocycles. The number of H-pyrrole nitrogens is 1. The summed E-state index contributed by atoms with van der Waals surface area (Å²) in [5.74, 6) is 0.537. The lowest BCUT2D eigenvalue weighted by atomic mass is 10.3. The van der Waals surface area contributed by atoms with Gasteiger partial charge in [-0.2, -0.15) is 10.2 Å². The SMILES string of the molecule is Nc1cc(-c2cn[nH]c2)nn1CCO. The molecule has 2 aromatic heterocycles. The first kappa shape index (κ1) is 8.76. The average Bonchev–Trinajstić information content (AvgIpc) is 2.76. The molecule has 6 heteroatoms. The van der Waals surface area contributed by atoms with E-state index in [0.717, 1.165) is 11.3 Å². The number of aliphatic hydroxyl groups is 1. The number of nitrogens with one attached hydrogen (secondary N) is 1. The maximum atomic E-state index is 8.75. The number of hydrogen-bond donors (Lipinski definition) is 3. The summed E-state index contributed by atoms with van der Waals surface area (Å²) in [4.78, 5) is 0. The zero-order chi connectivity index (χ0) is 9.97. The first-order valence-corrected chi connectivity index (χ1v) is 4.24. The van der Waals surface area contributed by atoms with E-state index in [9.17, 15) is 0 Å². The van der Waals surface area contributed by atoms with Gasteiger partial charge in [0.2, 0.25) is 0 Å². The van der Waals surface area contributed by atoms with E-state index in [4.69, 9.17) is 10.8 Å². The van der Waals surface area contributed by atoms with E-state index in [-0.39, 0.29) is 6.61 Å².